The number of likely N-dealkylation sites (tertiary alicyclic amines) is 1. The van der Waals surface area contributed by atoms with Crippen LogP contribution in [0.15, 0.2) is 0 Å². The molecule has 0 aromatic heterocycles. The number of piperidine rings is 1. The third-order valence-electron chi connectivity index (χ3n) is 4.55. The average molecular weight is 282 g/mol. The molecular formula is C16H30N2O2. The Hall–Kier alpha value is -0.770. The average Bonchev–Trinajstić information content (AvgIpc) is 2.37. The van der Waals surface area contributed by atoms with E-state index in [0.717, 1.165) is 32.2 Å². The van der Waals surface area contributed by atoms with Gasteiger partial charge in [0.25, 0.3) is 0 Å². The molecule has 4 nitrogen and oxygen atoms in total. The maximum atomic E-state index is 12.4. The Morgan fingerprint density at radius 2 is 1.75 bits per heavy atom. The summed E-state index contributed by atoms with van der Waals surface area (Å²) >= 11 is 0. The second kappa shape index (κ2) is 6.33. The van der Waals surface area contributed by atoms with Gasteiger partial charge in [-0.3, -0.25) is 0 Å². The van der Waals surface area contributed by atoms with Crippen molar-refractivity contribution in [3.05, 3.63) is 0 Å². The Labute approximate surface area is 123 Å². The summed E-state index contributed by atoms with van der Waals surface area (Å²) < 4.78 is 5.58. The molecule has 0 radical (unpaired) electrons. The zero-order valence-electron chi connectivity index (χ0n) is 13.2. The quantitative estimate of drug-likeness (QED) is 0.803. The number of hydrogen-bond donors (Lipinski definition) is 1. The predicted octanol–water partition coefficient (Wildman–Crippen LogP) is 3.29. The van der Waals surface area contributed by atoms with Crippen molar-refractivity contribution >= 4 is 6.09 Å². The molecule has 1 saturated carbocycles. The fourth-order valence-corrected chi connectivity index (χ4v) is 3.62. The van der Waals surface area contributed by atoms with E-state index in [0.29, 0.717) is 5.92 Å². The minimum absolute atomic E-state index is 0.153. The minimum Gasteiger partial charge on any atom is -0.444 e. The normalized spacial score (nSPS) is 32.0. The highest BCUT2D eigenvalue weighted by Crippen LogP contribution is 2.33. The van der Waals surface area contributed by atoms with Crippen LogP contribution in [0.5, 0.6) is 0 Å². The smallest absolute Gasteiger partial charge is 0.410 e. The van der Waals surface area contributed by atoms with Crippen molar-refractivity contribution < 1.29 is 9.53 Å². The Morgan fingerprint density at radius 1 is 1.10 bits per heavy atom. The lowest BCUT2D eigenvalue weighted by atomic mass is 9.77. The fraction of sp³-hybridized carbons (Fsp3) is 0.938. The molecule has 2 N–H and O–H groups in total. The summed E-state index contributed by atoms with van der Waals surface area (Å²) in [5.74, 6) is 0.455. The van der Waals surface area contributed by atoms with Crippen LogP contribution < -0.4 is 5.73 Å². The molecule has 2 fully saturated rings. The van der Waals surface area contributed by atoms with Crippen molar-refractivity contribution in [2.75, 3.05) is 6.54 Å². The SMILES string of the molecule is CC(C)(C)OC(=O)N1CCCC[C@@H]1[C@H]1CCCC[C@@H]1N. The van der Waals surface area contributed by atoms with Gasteiger partial charge in [-0.05, 0) is 58.8 Å². The largest absolute Gasteiger partial charge is 0.444 e. The zero-order chi connectivity index (χ0) is 14.8. The van der Waals surface area contributed by atoms with Gasteiger partial charge in [-0.1, -0.05) is 12.8 Å². The van der Waals surface area contributed by atoms with Crippen LogP contribution in [0.4, 0.5) is 4.79 Å². The Kier molecular flexibility index (Phi) is 4.95. The van der Waals surface area contributed by atoms with E-state index < -0.39 is 5.60 Å². The van der Waals surface area contributed by atoms with E-state index in [1.54, 1.807) is 0 Å². The van der Waals surface area contributed by atoms with Crippen molar-refractivity contribution in [1.82, 2.24) is 4.90 Å². The van der Waals surface area contributed by atoms with Crippen LogP contribution in [0.3, 0.4) is 0 Å². The van der Waals surface area contributed by atoms with E-state index in [9.17, 15) is 4.79 Å². The molecule has 20 heavy (non-hydrogen) atoms. The molecule has 0 spiro atoms. The standard InChI is InChI=1S/C16H30N2O2/c1-16(2,3)20-15(19)18-11-7-6-10-14(18)12-8-4-5-9-13(12)17/h12-14H,4-11,17H2,1-3H3/t12-,13-,14+/m0/s1. The maximum absolute atomic E-state index is 12.4. The van der Waals surface area contributed by atoms with Gasteiger partial charge in [0, 0.05) is 18.6 Å². The molecule has 1 saturated heterocycles. The van der Waals surface area contributed by atoms with Crippen molar-refractivity contribution in [2.24, 2.45) is 11.7 Å². The summed E-state index contributed by atoms with van der Waals surface area (Å²) in [6, 6.07) is 0.533. The van der Waals surface area contributed by atoms with Crippen molar-refractivity contribution in [1.29, 1.82) is 0 Å². The number of carbonyl (C=O) groups is 1. The molecule has 0 aromatic carbocycles. The summed E-state index contributed by atoms with van der Waals surface area (Å²) in [5.41, 5.74) is 5.90. The highest BCUT2D eigenvalue weighted by atomic mass is 16.6. The fourth-order valence-electron chi connectivity index (χ4n) is 3.62. The highest BCUT2D eigenvalue weighted by Gasteiger charge is 2.38. The molecule has 0 unspecified atom stereocenters. The molecule has 2 aliphatic rings. The lowest BCUT2D eigenvalue weighted by Crippen LogP contribution is -2.53. The monoisotopic (exact) mass is 282 g/mol. The van der Waals surface area contributed by atoms with Gasteiger partial charge in [0.15, 0.2) is 0 Å². The van der Waals surface area contributed by atoms with Gasteiger partial charge in [0.2, 0.25) is 0 Å². The Bertz CT molecular complexity index is 338. The van der Waals surface area contributed by atoms with E-state index in [1.807, 2.05) is 25.7 Å². The molecule has 1 aliphatic heterocycles. The first-order chi connectivity index (χ1) is 9.38. The molecule has 1 amide bonds. The van der Waals surface area contributed by atoms with E-state index >= 15 is 0 Å². The number of nitrogens with zero attached hydrogens (tertiary/aromatic N) is 1. The van der Waals surface area contributed by atoms with Crippen LogP contribution >= 0.6 is 0 Å². The molecule has 3 atom stereocenters. The van der Waals surface area contributed by atoms with Crippen LogP contribution in [0.2, 0.25) is 0 Å². The molecule has 0 aromatic rings. The highest BCUT2D eigenvalue weighted by molar-refractivity contribution is 5.68. The van der Waals surface area contributed by atoms with Gasteiger partial charge in [-0.2, -0.15) is 0 Å². The number of hydrogen-bond acceptors (Lipinski definition) is 3. The van der Waals surface area contributed by atoms with E-state index in [4.69, 9.17) is 10.5 Å². The second-order valence-corrected chi connectivity index (χ2v) is 7.35. The summed E-state index contributed by atoms with van der Waals surface area (Å²) in [5, 5.41) is 0. The number of amides is 1. The van der Waals surface area contributed by atoms with Crippen LogP contribution in [-0.2, 0) is 4.74 Å². The Balaban J connectivity index is 2.06. The van der Waals surface area contributed by atoms with E-state index in [-0.39, 0.29) is 18.2 Å². The first-order valence-corrected chi connectivity index (χ1v) is 8.14. The van der Waals surface area contributed by atoms with Crippen LogP contribution in [0.1, 0.15) is 65.7 Å². The first-order valence-electron chi connectivity index (χ1n) is 8.14. The molecule has 116 valence electrons. The third-order valence-corrected chi connectivity index (χ3v) is 4.55. The molecule has 2 rings (SSSR count). The summed E-state index contributed by atoms with van der Waals surface area (Å²) in [6.45, 7) is 6.60. The summed E-state index contributed by atoms with van der Waals surface area (Å²) in [4.78, 5) is 14.4. The van der Waals surface area contributed by atoms with E-state index in [1.165, 1.54) is 19.3 Å². The third kappa shape index (κ3) is 3.87. The van der Waals surface area contributed by atoms with Gasteiger partial charge in [0.05, 0.1) is 0 Å². The van der Waals surface area contributed by atoms with Gasteiger partial charge in [-0.15, -0.1) is 0 Å². The molecule has 1 heterocycles. The topological polar surface area (TPSA) is 55.6 Å². The first kappa shape index (κ1) is 15.6. The molecule has 4 heteroatoms. The zero-order valence-corrected chi connectivity index (χ0v) is 13.2. The van der Waals surface area contributed by atoms with Crippen LogP contribution in [-0.4, -0.2) is 35.2 Å². The number of rotatable bonds is 1. The lowest BCUT2D eigenvalue weighted by Gasteiger charge is -2.44. The predicted molar refractivity (Wildman–Crippen MR) is 80.5 cm³/mol. The van der Waals surface area contributed by atoms with Crippen LogP contribution in [0.25, 0.3) is 0 Å². The second-order valence-electron chi connectivity index (χ2n) is 7.35. The number of carbonyl (C=O) groups excluding carboxylic acids is 1. The van der Waals surface area contributed by atoms with Gasteiger partial charge in [-0.25, -0.2) is 4.79 Å². The number of nitrogens with two attached hydrogens (primary N) is 1. The van der Waals surface area contributed by atoms with Crippen molar-refractivity contribution in [3.63, 3.8) is 0 Å². The lowest BCUT2D eigenvalue weighted by molar-refractivity contribution is -0.00353. The van der Waals surface area contributed by atoms with Crippen LogP contribution in [0, 0.1) is 5.92 Å². The van der Waals surface area contributed by atoms with Gasteiger partial charge >= 0.3 is 6.09 Å². The summed E-state index contributed by atoms with van der Waals surface area (Å²) in [6.07, 6.45) is 7.95. The molecule has 1 aliphatic carbocycles. The van der Waals surface area contributed by atoms with Crippen molar-refractivity contribution in [3.8, 4) is 0 Å². The maximum Gasteiger partial charge on any atom is 0.410 e. The van der Waals surface area contributed by atoms with Crippen molar-refractivity contribution in [2.45, 2.75) is 83.4 Å². The number of ether oxygens (including phenoxy) is 1. The minimum atomic E-state index is -0.423. The molecular weight excluding hydrogens is 252 g/mol. The summed E-state index contributed by atoms with van der Waals surface area (Å²) in [7, 11) is 0. The van der Waals surface area contributed by atoms with Gasteiger partial charge in [0.1, 0.15) is 5.60 Å². The van der Waals surface area contributed by atoms with E-state index in [2.05, 4.69) is 0 Å². The Morgan fingerprint density at radius 3 is 2.40 bits per heavy atom. The van der Waals surface area contributed by atoms with Gasteiger partial charge < -0.3 is 15.4 Å². The molecule has 0 bridgehead atoms.